The van der Waals surface area contributed by atoms with Crippen LogP contribution in [0.3, 0.4) is 0 Å². The molecule has 0 aliphatic carbocycles. The lowest BCUT2D eigenvalue weighted by atomic mass is 10.1. The van der Waals surface area contributed by atoms with Crippen LogP contribution < -0.4 is 15.8 Å². The number of nitrogens with one attached hydrogen (secondary N) is 1. The van der Waals surface area contributed by atoms with Gasteiger partial charge in [0.25, 0.3) is 0 Å². The van der Waals surface area contributed by atoms with E-state index in [9.17, 15) is 4.79 Å². The minimum Gasteiger partial charge on any atom is -0.496 e. The van der Waals surface area contributed by atoms with E-state index in [1.54, 1.807) is 7.11 Å². The molecule has 0 aromatic heterocycles. The maximum Gasteiger partial charge on any atom is 0.237 e. The van der Waals surface area contributed by atoms with E-state index in [1.807, 2.05) is 38.1 Å². The van der Waals surface area contributed by atoms with Gasteiger partial charge < -0.3 is 15.8 Å². The Bertz CT molecular complexity index is 393. The number of carbonyl (C=O) groups is 1. The van der Waals surface area contributed by atoms with Gasteiger partial charge in [-0.2, -0.15) is 0 Å². The number of nitrogens with two attached hydrogens (primary N) is 1. The Morgan fingerprint density at radius 1 is 1.44 bits per heavy atom. The molecular weight excluding hydrogens is 228 g/mol. The quantitative estimate of drug-likeness (QED) is 0.803. The summed E-state index contributed by atoms with van der Waals surface area (Å²) in [6, 6.07) is 7.42. The predicted molar refractivity (Wildman–Crippen MR) is 72.6 cm³/mol. The lowest BCUT2D eigenvalue weighted by Crippen LogP contribution is -2.44. The number of hydrogen-bond donors (Lipinski definition) is 2. The lowest BCUT2D eigenvalue weighted by molar-refractivity contribution is -0.123. The highest BCUT2D eigenvalue weighted by molar-refractivity contribution is 5.81. The molecule has 0 radical (unpaired) electrons. The zero-order chi connectivity index (χ0) is 13.5. The molecule has 0 saturated carbocycles. The number of hydrogen-bond acceptors (Lipinski definition) is 3. The molecule has 0 saturated heterocycles. The Hall–Kier alpha value is -1.55. The maximum atomic E-state index is 11.7. The lowest BCUT2D eigenvalue weighted by Gasteiger charge is -2.18. The Balaban J connectivity index is 2.59. The first-order valence-electron chi connectivity index (χ1n) is 6.26. The molecule has 100 valence electrons. The molecule has 0 spiro atoms. The smallest absolute Gasteiger partial charge is 0.237 e. The highest BCUT2D eigenvalue weighted by Crippen LogP contribution is 2.18. The fourth-order valence-corrected chi connectivity index (χ4v) is 1.79. The average Bonchev–Trinajstić information content (AvgIpc) is 2.38. The van der Waals surface area contributed by atoms with Crippen molar-refractivity contribution in [2.24, 2.45) is 5.73 Å². The van der Waals surface area contributed by atoms with Crippen LogP contribution in [0.25, 0.3) is 0 Å². The van der Waals surface area contributed by atoms with Gasteiger partial charge in [0.1, 0.15) is 5.75 Å². The molecule has 0 heterocycles. The van der Waals surface area contributed by atoms with Gasteiger partial charge in [0.2, 0.25) is 5.91 Å². The Labute approximate surface area is 109 Å². The largest absolute Gasteiger partial charge is 0.496 e. The molecule has 0 bridgehead atoms. The number of rotatable bonds is 6. The summed E-state index contributed by atoms with van der Waals surface area (Å²) in [5, 5.41) is 2.91. The third-order valence-electron chi connectivity index (χ3n) is 2.88. The van der Waals surface area contributed by atoms with Crippen LogP contribution in [0, 0.1) is 0 Å². The van der Waals surface area contributed by atoms with Crippen LogP contribution in [-0.2, 0) is 11.2 Å². The summed E-state index contributed by atoms with van der Waals surface area (Å²) in [5.41, 5.74) is 6.76. The van der Waals surface area contributed by atoms with Gasteiger partial charge in [-0.3, -0.25) is 4.79 Å². The van der Waals surface area contributed by atoms with Gasteiger partial charge >= 0.3 is 0 Å². The molecule has 1 aromatic carbocycles. The number of amides is 1. The first-order valence-corrected chi connectivity index (χ1v) is 6.26. The van der Waals surface area contributed by atoms with E-state index < -0.39 is 6.04 Å². The van der Waals surface area contributed by atoms with Crippen LogP contribution in [0.15, 0.2) is 24.3 Å². The van der Waals surface area contributed by atoms with Crippen molar-refractivity contribution in [3.8, 4) is 5.75 Å². The van der Waals surface area contributed by atoms with Crippen molar-refractivity contribution in [3.63, 3.8) is 0 Å². The van der Waals surface area contributed by atoms with Crippen LogP contribution >= 0.6 is 0 Å². The van der Waals surface area contributed by atoms with E-state index in [0.717, 1.165) is 17.7 Å². The van der Waals surface area contributed by atoms with E-state index in [4.69, 9.17) is 10.5 Å². The van der Waals surface area contributed by atoms with Crippen molar-refractivity contribution in [2.45, 2.75) is 38.8 Å². The minimum atomic E-state index is -0.426. The van der Waals surface area contributed by atoms with E-state index >= 15 is 0 Å². The second kappa shape index (κ2) is 7.01. The van der Waals surface area contributed by atoms with Crippen molar-refractivity contribution in [1.29, 1.82) is 0 Å². The van der Waals surface area contributed by atoms with Gasteiger partial charge in [-0.25, -0.2) is 0 Å². The Kier molecular flexibility index (Phi) is 5.65. The summed E-state index contributed by atoms with van der Waals surface area (Å²) in [7, 11) is 1.65. The summed E-state index contributed by atoms with van der Waals surface area (Å²) in [4.78, 5) is 11.7. The van der Waals surface area contributed by atoms with Gasteiger partial charge in [0, 0.05) is 6.04 Å². The molecule has 1 amide bonds. The van der Waals surface area contributed by atoms with Crippen LogP contribution in [0.1, 0.15) is 25.8 Å². The number of para-hydroxylation sites is 1. The zero-order valence-electron chi connectivity index (χ0n) is 11.3. The standard InChI is InChI=1S/C14H22N2O2/c1-4-12(15)14(17)16-10(2)9-11-7-5-6-8-13(11)18-3/h5-8,10,12H,4,9,15H2,1-3H3,(H,16,17). The van der Waals surface area contributed by atoms with Gasteiger partial charge in [-0.05, 0) is 31.4 Å². The molecular formula is C14H22N2O2. The molecule has 3 N–H and O–H groups in total. The second-order valence-corrected chi connectivity index (χ2v) is 4.44. The summed E-state index contributed by atoms with van der Waals surface area (Å²) in [6.07, 6.45) is 1.37. The normalized spacial score (nSPS) is 13.8. The molecule has 0 fully saturated rings. The van der Waals surface area contributed by atoms with Crippen molar-refractivity contribution in [1.82, 2.24) is 5.32 Å². The summed E-state index contributed by atoms with van der Waals surface area (Å²) >= 11 is 0. The highest BCUT2D eigenvalue weighted by Gasteiger charge is 2.15. The van der Waals surface area contributed by atoms with Crippen molar-refractivity contribution < 1.29 is 9.53 Å². The number of ether oxygens (including phenoxy) is 1. The summed E-state index contributed by atoms with van der Waals surface area (Å²) in [6.45, 7) is 3.86. The Morgan fingerprint density at radius 3 is 2.72 bits per heavy atom. The highest BCUT2D eigenvalue weighted by atomic mass is 16.5. The van der Waals surface area contributed by atoms with E-state index in [1.165, 1.54) is 0 Å². The molecule has 2 unspecified atom stereocenters. The SMILES string of the molecule is CCC(N)C(=O)NC(C)Cc1ccccc1OC. The van der Waals surface area contributed by atoms with Crippen molar-refractivity contribution in [2.75, 3.05) is 7.11 Å². The number of methoxy groups -OCH3 is 1. The molecule has 4 nitrogen and oxygen atoms in total. The van der Waals surface area contributed by atoms with E-state index in [2.05, 4.69) is 5.32 Å². The summed E-state index contributed by atoms with van der Waals surface area (Å²) < 4.78 is 5.28. The third kappa shape index (κ3) is 4.04. The monoisotopic (exact) mass is 250 g/mol. The van der Waals surface area contributed by atoms with Crippen LogP contribution in [0.4, 0.5) is 0 Å². The van der Waals surface area contributed by atoms with Crippen LogP contribution in [0.2, 0.25) is 0 Å². The number of benzene rings is 1. The maximum absolute atomic E-state index is 11.7. The first kappa shape index (κ1) is 14.5. The summed E-state index contributed by atoms with van der Waals surface area (Å²) in [5.74, 6) is 0.748. The molecule has 1 rings (SSSR count). The van der Waals surface area contributed by atoms with E-state index in [0.29, 0.717) is 6.42 Å². The number of carbonyl (C=O) groups excluding carboxylic acids is 1. The second-order valence-electron chi connectivity index (χ2n) is 4.44. The fraction of sp³-hybridized carbons (Fsp3) is 0.500. The fourth-order valence-electron chi connectivity index (χ4n) is 1.79. The van der Waals surface area contributed by atoms with Crippen molar-refractivity contribution >= 4 is 5.91 Å². The minimum absolute atomic E-state index is 0.0337. The molecule has 18 heavy (non-hydrogen) atoms. The molecule has 4 heteroatoms. The topological polar surface area (TPSA) is 64.4 Å². The molecule has 0 aliphatic rings. The average molecular weight is 250 g/mol. The van der Waals surface area contributed by atoms with E-state index in [-0.39, 0.29) is 11.9 Å². The van der Waals surface area contributed by atoms with Crippen LogP contribution in [-0.4, -0.2) is 25.1 Å². The Morgan fingerprint density at radius 2 is 2.11 bits per heavy atom. The van der Waals surface area contributed by atoms with Gasteiger partial charge in [-0.15, -0.1) is 0 Å². The molecule has 0 aliphatic heterocycles. The zero-order valence-corrected chi connectivity index (χ0v) is 11.3. The first-order chi connectivity index (χ1) is 8.58. The van der Waals surface area contributed by atoms with Crippen LogP contribution in [0.5, 0.6) is 5.75 Å². The predicted octanol–water partition coefficient (Wildman–Crippen LogP) is 1.48. The molecule has 1 aromatic rings. The third-order valence-corrected chi connectivity index (χ3v) is 2.88. The van der Waals surface area contributed by atoms with Crippen molar-refractivity contribution in [3.05, 3.63) is 29.8 Å². The van der Waals surface area contributed by atoms with Gasteiger partial charge in [-0.1, -0.05) is 25.1 Å². The van der Waals surface area contributed by atoms with Gasteiger partial charge in [0.05, 0.1) is 13.2 Å². The molecule has 2 atom stereocenters. The van der Waals surface area contributed by atoms with Gasteiger partial charge in [0.15, 0.2) is 0 Å².